The molecule has 3 rings (SSSR count). The second-order valence-corrected chi connectivity index (χ2v) is 9.22. The van der Waals surface area contributed by atoms with E-state index in [2.05, 4.69) is 56.0 Å². The van der Waals surface area contributed by atoms with E-state index in [9.17, 15) is 9.18 Å². The van der Waals surface area contributed by atoms with Gasteiger partial charge in [-0.05, 0) is 68.1 Å². The van der Waals surface area contributed by atoms with Crippen molar-refractivity contribution in [2.75, 3.05) is 6.54 Å². The van der Waals surface area contributed by atoms with Gasteiger partial charge in [-0.2, -0.15) is 0 Å². The molecule has 2 aromatic rings. The molecular formula is C25H36FN3O. The second kappa shape index (κ2) is 9.76. The first-order valence-electron chi connectivity index (χ1n) is 11.4. The molecule has 1 aromatic carbocycles. The Bertz CT molecular complexity index is 897. The molecule has 0 aliphatic heterocycles. The fourth-order valence-corrected chi connectivity index (χ4v) is 4.89. The summed E-state index contributed by atoms with van der Waals surface area (Å²) in [5.41, 5.74) is 2.93. The zero-order chi connectivity index (χ0) is 21.8. The van der Waals surface area contributed by atoms with Crippen LogP contribution in [0.3, 0.4) is 0 Å². The predicted octanol–water partition coefficient (Wildman–Crippen LogP) is 5.65. The Hall–Kier alpha value is -2.17. The van der Waals surface area contributed by atoms with E-state index >= 15 is 0 Å². The number of aromatic amines is 1. The van der Waals surface area contributed by atoms with E-state index in [4.69, 9.17) is 0 Å². The second-order valence-electron chi connectivity index (χ2n) is 9.22. The number of H-pyrrole nitrogens is 1. The molecule has 0 saturated carbocycles. The Morgan fingerprint density at radius 3 is 2.70 bits per heavy atom. The minimum atomic E-state index is -0.246. The monoisotopic (exact) mass is 413 g/mol. The summed E-state index contributed by atoms with van der Waals surface area (Å²) in [6, 6.07) is 4.68. The molecule has 30 heavy (non-hydrogen) atoms. The largest absolute Gasteiger partial charge is 0.355 e. The van der Waals surface area contributed by atoms with Crippen molar-refractivity contribution in [3.8, 4) is 0 Å². The van der Waals surface area contributed by atoms with E-state index in [0.29, 0.717) is 30.2 Å². The number of imidazole rings is 1. The molecule has 4 nitrogen and oxygen atoms in total. The van der Waals surface area contributed by atoms with E-state index in [1.54, 1.807) is 6.07 Å². The lowest BCUT2D eigenvalue weighted by Gasteiger charge is -2.37. The minimum Gasteiger partial charge on any atom is -0.355 e. The van der Waals surface area contributed by atoms with E-state index in [0.717, 1.165) is 42.5 Å². The van der Waals surface area contributed by atoms with Crippen LogP contribution < -0.4 is 5.32 Å². The molecule has 5 heteroatoms. The van der Waals surface area contributed by atoms with Gasteiger partial charge in [0.2, 0.25) is 5.91 Å². The van der Waals surface area contributed by atoms with Gasteiger partial charge in [-0.3, -0.25) is 4.79 Å². The summed E-state index contributed by atoms with van der Waals surface area (Å²) in [6.07, 6.45) is 6.05. The van der Waals surface area contributed by atoms with E-state index < -0.39 is 0 Å². The summed E-state index contributed by atoms with van der Waals surface area (Å²) >= 11 is 0. The van der Waals surface area contributed by atoms with Crippen LogP contribution in [0.15, 0.2) is 29.8 Å². The van der Waals surface area contributed by atoms with Crippen LogP contribution in [0.4, 0.5) is 4.39 Å². The maximum Gasteiger partial charge on any atom is 0.223 e. The summed E-state index contributed by atoms with van der Waals surface area (Å²) < 4.78 is 13.5. The third kappa shape index (κ3) is 5.11. The van der Waals surface area contributed by atoms with Gasteiger partial charge in [0.05, 0.1) is 11.0 Å². The van der Waals surface area contributed by atoms with Crippen LogP contribution in [-0.2, 0) is 11.2 Å². The SMILES string of the molecule is CCC(CC)C(=O)NCC1C=C(C)C(Cc2nc3ccc(F)cc3[nH]2)CC1C(C)C. The smallest absolute Gasteiger partial charge is 0.223 e. The summed E-state index contributed by atoms with van der Waals surface area (Å²) in [4.78, 5) is 20.4. The Balaban J connectivity index is 1.71. The first kappa shape index (κ1) is 22.5. The van der Waals surface area contributed by atoms with Crippen LogP contribution in [0.5, 0.6) is 0 Å². The number of nitrogens with one attached hydrogen (secondary N) is 2. The van der Waals surface area contributed by atoms with Crippen molar-refractivity contribution in [2.24, 2.45) is 29.6 Å². The summed E-state index contributed by atoms with van der Waals surface area (Å²) in [5, 5.41) is 3.21. The number of hydrogen-bond donors (Lipinski definition) is 2. The molecule has 0 bridgehead atoms. The highest BCUT2D eigenvalue weighted by atomic mass is 19.1. The number of aromatic nitrogens is 2. The number of nitrogens with zero attached hydrogens (tertiary/aromatic N) is 1. The van der Waals surface area contributed by atoms with Crippen molar-refractivity contribution < 1.29 is 9.18 Å². The lowest BCUT2D eigenvalue weighted by Crippen LogP contribution is -2.39. The first-order chi connectivity index (χ1) is 14.3. The predicted molar refractivity (Wildman–Crippen MR) is 121 cm³/mol. The highest BCUT2D eigenvalue weighted by Gasteiger charge is 2.32. The van der Waals surface area contributed by atoms with Gasteiger partial charge in [-0.15, -0.1) is 0 Å². The molecular weight excluding hydrogens is 377 g/mol. The van der Waals surface area contributed by atoms with Gasteiger partial charge in [0, 0.05) is 18.9 Å². The van der Waals surface area contributed by atoms with Gasteiger partial charge in [0.15, 0.2) is 0 Å². The van der Waals surface area contributed by atoms with Crippen molar-refractivity contribution in [2.45, 2.75) is 60.3 Å². The van der Waals surface area contributed by atoms with Gasteiger partial charge < -0.3 is 10.3 Å². The molecule has 0 radical (unpaired) electrons. The highest BCUT2D eigenvalue weighted by Crippen LogP contribution is 2.38. The fraction of sp³-hybridized carbons (Fsp3) is 0.600. The first-order valence-corrected chi connectivity index (χ1v) is 11.4. The number of amides is 1. The molecule has 1 heterocycles. The van der Waals surface area contributed by atoms with Crippen molar-refractivity contribution >= 4 is 16.9 Å². The van der Waals surface area contributed by atoms with Gasteiger partial charge >= 0.3 is 0 Å². The van der Waals surface area contributed by atoms with Crippen LogP contribution in [0.25, 0.3) is 11.0 Å². The highest BCUT2D eigenvalue weighted by molar-refractivity contribution is 5.78. The molecule has 1 amide bonds. The van der Waals surface area contributed by atoms with Gasteiger partial charge in [0.1, 0.15) is 11.6 Å². The number of fused-ring (bicyclic) bond motifs is 1. The minimum absolute atomic E-state index is 0.113. The molecule has 0 fully saturated rings. The molecule has 0 saturated heterocycles. The molecule has 0 spiro atoms. The van der Waals surface area contributed by atoms with Crippen molar-refractivity contribution in [3.05, 3.63) is 41.5 Å². The van der Waals surface area contributed by atoms with Gasteiger partial charge in [0.25, 0.3) is 0 Å². The molecule has 2 N–H and O–H groups in total. The lowest BCUT2D eigenvalue weighted by atomic mass is 9.69. The molecule has 3 atom stereocenters. The fourth-order valence-electron chi connectivity index (χ4n) is 4.89. The molecule has 1 aliphatic rings. The van der Waals surface area contributed by atoms with Gasteiger partial charge in [-0.1, -0.05) is 39.3 Å². The number of hydrogen-bond acceptors (Lipinski definition) is 2. The Labute approximate surface area is 179 Å². The molecule has 1 aliphatic carbocycles. The zero-order valence-electron chi connectivity index (χ0n) is 19.0. The van der Waals surface area contributed by atoms with E-state index in [1.807, 2.05) is 0 Å². The van der Waals surface area contributed by atoms with E-state index in [-0.39, 0.29) is 17.6 Å². The standard InChI is InChI=1S/C25H36FN3O/c1-6-17(7-2)25(30)27-14-19-10-16(5)18(11-21(19)15(3)4)12-24-28-22-9-8-20(26)13-23(22)29-24/h8-10,13,15,17-19,21H,6-7,11-12,14H2,1-5H3,(H,27,30)(H,28,29). The molecule has 164 valence electrons. The topological polar surface area (TPSA) is 57.8 Å². The Kier molecular flexibility index (Phi) is 7.32. The summed E-state index contributed by atoms with van der Waals surface area (Å²) in [7, 11) is 0. The number of halogens is 1. The summed E-state index contributed by atoms with van der Waals surface area (Å²) in [6.45, 7) is 11.6. The zero-order valence-corrected chi connectivity index (χ0v) is 19.0. The average molecular weight is 414 g/mol. The van der Waals surface area contributed by atoms with Crippen molar-refractivity contribution in [3.63, 3.8) is 0 Å². The van der Waals surface area contributed by atoms with Crippen LogP contribution in [0.2, 0.25) is 0 Å². The molecule has 1 aromatic heterocycles. The normalized spacial score (nSPS) is 22.0. The van der Waals surface area contributed by atoms with E-state index in [1.165, 1.54) is 17.7 Å². The lowest BCUT2D eigenvalue weighted by molar-refractivity contribution is -0.125. The van der Waals surface area contributed by atoms with Crippen LogP contribution in [-0.4, -0.2) is 22.4 Å². The summed E-state index contributed by atoms with van der Waals surface area (Å²) in [5.74, 6) is 2.80. The number of carbonyl (C=O) groups is 1. The third-order valence-corrected chi connectivity index (χ3v) is 6.88. The molecule has 3 unspecified atom stereocenters. The number of rotatable bonds is 8. The van der Waals surface area contributed by atoms with Crippen molar-refractivity contribution in [1.29, 1.82) is 0 Å². The average Bonchev–Trinajstić information content (AvgIpc) is 3.10. The quantitative estimate of drug-likeness (QED) is 0.549. The number of carbonyl (C=O) groups excluding carboxylic acids is 1. The Morgan fingerprint density at radius 1 is 1.30 bits per heavy atom. The number of allylic oxidation sites excluding steroid dienone is 1. The Morgan fingerprint density at radius 2 is 2.03 bits per heavy atom. The van der Waals surface area contributed by atoms with Gasteiger partial charge in [-0.25, -0.2) is 9.37 Å². The number of benzene rings is 1. The third-order valence-electron chi connectivity index (χ3n) is 6.88. The van der Waals surface area contributed by atoms with Crippen LogP contribution in [0, 0.1) is 35.4 Å². The maximum absolute atomic E-state index is 13.5. The van der Waals surface area contributed by atoms with Crippen LogP contribution >= 0.6 is 0 Å². The van der Waals surface area contributed by atoms with Crippen LogP contribution in [0.1, 0.15) is 59.7 Å². The van der Waals surface area contributed by atoms with Crippen molar-refractivity contribution in [1.82, 2.24) is 15.3 Å². The maximum atomic E-state index is 13.5.